The summed E-state index contributed by atoms with van der Waals surface area (Å²) >= 11 is 0. The molecular weight excluding hydrogens is 465 g/mol. The van der Waals surface area contributed by atoms with Gasteiger partial charge in [-0.1, -0.05) is 18.2 Å². The highest BCUT2D eigenvalue weighted by Crippen LogP contribution is 2.22. The third-order valence-corrected chi connectivity index (χ3v) is 5.91. The number of rotatable bonds is 15. The molecule has 2 heterocycles. The van der Waals surface area contributed by atoms with E-state index in [1.807, 2.05) is 60.9 Å². The summed E-state index contributed by atoms with van der Waals surface area (Å²) in [5, 5.41) is 0. The molecule has 0 amide bonds. The SMILES string of the molecule is O=C(CCCCCOc1cc(CCCc2ccccn2)cc(CCCc2ccccn2)c1)C(F)(F)F. The van der Waals surface area contributed by atoms with Crippen LogP contribution in [0.1, 0.15) is 61.0 Å². The Bertz CT molecular complexity index is 993. The summed E-state index contributed by atoms with van der Waals surface area (Å²) in [5.74, 6) is -0.873. The van der Waals surface area contributed by atoms with Crippen LogP contribution in [-0.4, -0.2) is 28.5 Å². The van der Waals surface area contributed by atoms with Gasteiger partial charge >= 0.3 is 6.18 Å². The van der Waals surface area contributed by atoms with Crippen LogP contribution < -0.4 is 4.74 Å². The molecule has 0 saturated heterocycles. The van der Waals surface area contributed by atoms with Crippen molar-refractivity contribution in [1.82, 2.24) is 9.97 Å². The summed E-state index contributed by atoms with van der Waals surface area (Å²) in [5.41, 5.74) is 4.55. The minimum Gasteiger partial charge on any atom is -0.494 e. The highest BCUT2D eigenvalue weighted by Gasteiger charge is 2.37. The zero-order valence-electron chi connectivity index (χ0n) is 20.5. The van der Waals surface area contributed by atoms with E-state index in [4.69, 9.17) is 4.74 Å². The molecule has 0 saturated carbocycles. The number of ether oxygens (including phenoxy) is 1. The maximum Gasteiger partial charge on any atom is 0.449 e. The fourth-order valence-corrected chi connectivity index (χ4v) is 4.04. The predicted molar refractivity (Wildman–Crippen MR) is 134 cm³/mol. The summed E-state index contributed by atoms with van der Waals surface area (Å²) in [4.78, 5) is 19.8. The number of alkyl halides is 3. The zero-order valence-corrected chi connectivity index (χ0v) is 20.5. The molecule has 0 bridgehead atoms. The second-order valence-corrected chi connectivity index (χ2v) is 8.91. The topological polar surface area (TPSA) is 52.1 Å². The van der Waals surface area contributed by atoms with Crippen LogP contribution >= 0.6 is 0 Å². The summed E-state index contributed by atoms with van der Waals surface area (Å²) < 4.78 is 42.9. The predicted octanol–water partition coefficient (Wildman–Crippen LogP) is 6.90. The number of pyridine rings is 2. The number of carbonyl (C=O) groups excluding carboxylic acids is 1. The number of aryl methyl sites for hydroxylation is 4. The van der Waals surface area contributed by atoms with Gasteiger partial charge in [-0.3, -0.25) is 14.8 Å². The Hall–Kier alpha value is -3.22. The lowest BCUT2D eigenvalue weighted by Gasteiger charge is -2.12. The average molecular weight is 499 g/mol. The van der Waals surface area contributed by atoms with E-state index in [-0.39, 0.29) is 6.42 Å². The van der Waals surface area contributed by atoms with E-state index in [0.717, 1.165) is 55.7 Å². The number of hydrogen-bond acceptors (Lipinski definition) is 4. The molecule has 0 aliphatic rings. The highest BCUT2D eigenvalue weighted by molar-refractivity contribution is 5.83. The summed E-state index contributed by atoms with van der Waals surface area (Å²) in [6.07, 6.45) is 5.31. The van der Waals surface area contributed by atoms with Gasteiger partial charge in [-0.25, -0.2) is 0 Å². The first-order valence-electron chi connectivity index (χ1n) is 12.6. The van der Waals surface area contributed by atoms with Crippen molar-refractivity contribution in [2.24, 2.45) is 0 Å². The summed E-state index contributed by atoms with van der Waals surface area (Å²) in [7, 11) is 0. The molecule has 36 heavy (non-hydrogen) atoms. The first kappa shape index (κ1) is 27.4. The lowest BCUT2D eigenvalue weighted by molar-refractivity contribution is -0.171. The molecule has 7 heteroatoms. The van der Waals surface area contributed by atoms with Gasteiger partial charge < -0.3 is 4.74 Å². The van der Waals surface area contributed by atoms with Gasteiger partial charge in [0.25, 0.3) is 0 Å². The van der Waals surface area contributed by atoms with Crippen LogP contribution in [0.25, 0.3) is 0 Å². The van der Waals surface area contributed by atoms with Gasteiger partial charge in [0.2, 0.25) is 5.78 Å². The van der Waals surface area contributed by atoms with E-state index in [9.17, 15) is 18.0 Å². The Labute approximate surface area is 211 Å². The molecule has 192 valence electrons. The number of hydrogen-bond donors (Lipinski definition) is 0. The fraction of sp³-hybridized carbons (Fsp3) is 0.414. The fourth-order valence-electron chi connectivity index (χ4n) is 4.04. The van der Waals surface area contributed by atoms with Crippen LogP contribution in [-0.2, 0) is 30.5 Å². The van der Waals surface area contributed by atoms with Crippen molar-refractivity contribution in [3.63, 3.8) is 0 Å². The van der Waals surface area contributed by atoms with Crippen molar-refractivity contribution in [2.75, 3.05) is 6.61 Å². The van der Waals surface area contributed by atoms with Crippen LogP contribution in [0.5, 0.6) is 5.75 Å². The maximum atomic E-state index is 12.3. The van der Waals surface area contributed by atoms with E-state index in [0.29, 0.717) is 19.4 Å². The number of halogens is 3. The van der Waals surface area contributed by atoms with Crippen LogP contribution in [0.2, 0.25) is 0 Å². The molecule has 0 fully saturated rings. The molecule has 2 aromatic heterocycles. The van der Waals surface area contributed by atoms with Gasteiger partial charge in [0.1, 0.15) is 5.75 Å². The minimum atomic E-state index is -4.74. The molecule has 3 rings (SSSR count). The quantitative estimate of drug-likeness (QED) is 0.214. The molecule has 0 atom stereocenters. The van der Waals surface area contributed by atoms with Crippen molar-refractivity contribution >= 4 is 5.78 Å². The second-order valence-electron chi connectivity index (χ2n) is 8.91. The number of nitrogens with zero attached hydrogens (tertiary/aromatic N) is 2. The lowest BCUT2D eigenvalue weighted by atomic mass is 10.00. The van der Waals surface area contributed by atoms with Crippen molar-refractivity contribution in [3.05, 3.63) is 89.5 Å². The van der Waals surface area contributed by atoms with Crippen molar-refractivity contribution in [2.45, 2.75) is 70.4 Å². The van der Waals surface area contributed by atoms with Crippen molar-refractivity contribution < 1.29 is 22.7 Å². The van der Waals surface area contributed by atoms with Crippen LogP contribution in [0.4, 0.5) is 13.2 Å². The number of aromatic nitrogens is 2. The summed E-state index contributed by atoms with van der Waals surface area (Å²) in [6, 6.07) is 18.2. The normalized spacial score (nSPS) is 11.4. The smallest absolute Gasteiger partial charge is 0.449 e. The zero-order chi connectivity index (χ0) is 25.6. The lowest BCUT2D eigenvalue weighted by Crippen LogP contribution is -2.22. The van der Waals surface area contributed by atoms with Gasteiger partial charge in [-0.05, 0) is 105 Å². The Morgan fingerprint density at radius 1 is 0.722 bits per heavy atom. The van der Waals surface area contributed by atoms with E-state index < -0.39 is 18.4 Å². The molecule has 0 aliphatic heterocycles. The Balaban J connectivity index is 1.51. The van der Waals surface area contributed by atoms with E-state index in [2.05, 4.69) is 16.0 Å². The van der Waals surface area contributed by atoms with E-state index in [1.165, 1.54) is 11.1 Å². The number of benzene rings is 1. The minimum absolute atomic E-state index is 0.216. The van der Waals surface area contributed by atoms with Crippen LogP contribution in [0.3, 0.4) is 0 Å². The molecule has 0 unspecified atom stereocenters. The van der Waals surface area contributed by atoms with Crippen molar-refractivity contribution in [3.8, 4) is 5.75 Å². The van der Waals surface area contributed by atoms with Crippen LogP contribution in [0, 0.1) is 0 Å². The third-order valence-electron chi connectivity index (χ3n) is 5.91. The Kier molecular flexibility index (Phi) is 10.9. The number of unbranched alkanes of at least 4 members (excludes halogenated alkanes) is 2. The Morgan fingerprint density at radius 3 is 1.81 bits per heavy atom. The largest absolute Gasteiger partial charge is 0.494 e. The van der Waals surface area contributed by atoms with Gasteiger partial charge in [-0.2, -0.15) is 13.2 Å². The average Bonchev–Trinajstić information content (AvgIpc) is 2.87. The molecule has 4 nitrogen and oxygen atoms in total. The molecule has 0 aliphatic carbocycles. The van der Waals surface area contributed by atoms with Gasteiger partial charge in [0, 0.05) is 30.2 Å². The first-order valence-corrected chi connectivity index (χ1v) is 12.6. The molecule has 0 spiro atoms. The molecular formula is C29H33F3N2O2. The molecule has 1 aromatic carbocycles. The Morgan fingerprint density at radius 2 is 1.31 bits per heavy atom. The standard InChI is InChI=1S/C29H33F3N2O2/c30-29(31,32)28(35)16-2-1-7-19-36-27-21-23(10-8-14-25-12-3-5-17-33-25)20-24(22-27)11-9-15-26-13-4-6-18-34-26/h3-6,12-13,17-18,20-22H,1-2,7-11,14-16,19H2. The number of carbonyl (C=O) groups is 1. The number of ketones is 1. The number of Topliss-reactive ketones (excluding diaryl/α,β-unsaturated/α-hetero) is 1. The first-order chi connectivity index (χ1) is 17.4. The van der Waals surface area contributed by atoms with E-state index >= 15 is 0 Å². The molecule has 0 N–H and O–H groups in total. The maximum absolute atomic E-state index is 12.3. The monoisotopic (exact) mass is 498 g/mol. The third kappa shape index (κ3) is 10.2. The molecule has 0 radical (unpaired) electrons. The second kappa shape index (κ2) is 14.4. The van der Waals surface area contributed by atoms with Gasteiger partial charge in [0.05, 0.1) is 6.61 Å². The molecule has 3 aromatic rings. The van der Waals surface area contributed by atoms with Gasteiger partial charge in [0.15, 0.2) is 0 Å². The van der Waals surface area contributed by atoms with Gasteiger partial charge in [-0.15, -0.1) is 0 Å². The highest BCUT2D eigenvalue weighted by atomic mass is 19.4. The van der Waals surface area contributed by atoms with Crippen LogP contribution in [0.15, 0.2) is 67.0 Å². The summed E-state index contributed by atoms with van der Waals surface area (Å²) in [6.45, 7) is 0.408. The van der Waals surface area contributed by atoms with Crippen molar-refractivity contribution in [1.29, 1.82) is 0 Å². The van der Waals surface area contributed by atoms with E-state index in [1.54, 1.807) is 0 Å².